The van der Waals surface area contributed by atoms with Gasteiger partial charge in [0.2, 0.25) is 17.8 Å². The molecule has 2 aromatic heterocycles. The number of nitrogens with zero attached hydrogens (tertiary/aromatic N) is 5. The summed E-state index contributed by atoms with van der Waals surface area (Å²) < 4.78 is 6.93. The number of benzene rings is 1. The van der Waals surface area contributed by atoms with E-state index in [9.17, 15) is 4.79 Å². The number of hydrogen-bond acceptors (Lipinski definition) is 9. The summed E-state index contributed by atoms with van der Waals surface area (Å²) >= 11 is 7.23. The third-order valence-corrected chi connectivity index (χ3v) is 4.85. The first-order valence-electron chi connectivity index (χ1n) is 8.92. The fourth-order valence-electron chi connectivity index (χ4n) is 2.49. The minimum Gasteiger partial charge on any atom is -0.495 e. The molecule has 0 unspecified atom stereocenters. The Morgan fingerprint density at radius 1 is 1.21 bits per heavy atom. The molecule has 29 heavy (non-hydrogen) atoms. The van der Waals surface area contributed by atoms with Crippen molar-refractivity contribution in [1.29, 1.82) is 0 Å². The van der Waals surface area contributed by atoms with Crippen LogP contribution in [-0.2, 0) is 4.79 Å². The van der Waals surface area contributed by atoms with Gasteiger partial charge in [0, 0.05) is 18.1 Å². The van der Waals surface area contributed by atoms with E-state index in [1.807, 2.05) is 13.8 Å². The van der Waals surface area contributed by atoms with Crippen LogP contribution < -0.4 is 20.7 Å². The van der Waals surface area contributed by atoms with Gasteiger partial charge in [-0.3, -0.25) is 4.79 Å². The van der Waals surface area contributed by atoms with Gasteiger partial charge in [0.05, 0.1) is 18.6 Å². The molecule has 0 fully saturated rings. The quantitative estimate of drug-likeness (QED) is 0.435. The van der Waals surface area contributed by atoms with E-state index in [4.69, 9.17) is 16.3 Å². The maximum atomic E-state index is 12.4. The van der Waals surface area contributed by atoms with E-state index >= 15 is 0 Å². The van der Waals surface area contributed by atoms with Crippen LogP contribution >= 0.6 is 23.4 Å². The Hall–Kier alpha value is -2.79. The molecule has 0 saturated heterocycles. The summed E-state index contributed by atoms with van der Waals surface area (Å²) in [6.45, 7) is 5.27. The predicted molar refractivity (Wildman–Crippen MR) is 114 cm³/mol. The van der Waals surface area contributed by atoms with Gasteiger partial charge < -0.3 is 20.7 Å². The monoisotopic (exact) mass is 436 g/mol. The third kappa shape index (κ3) is 4.98. The van der Waals surface area contributed by atoms with Gasteiger partial charge in [-0.2, -0.15) is 9.97 Å². The van der Waals surface area contributed by atoms with Crippen molar-refractivity contribution in [3.63, 3.8) is 0 Å². The van der Waals surface area contributed by atoms with Crippen molar-refractivity contribution in [1.82, 2.24) is 24.6 Å². The molecule has 3 aromatic rings. The Bertz CT molecular complexity index is 1010. The number of ether oxygens (including phenoxy) is 1. The number of carbonyl (C=O) groups is 1. The zero-order valence-electron chi connectivity index (χ0n) is 16.2. The molecule has 12 heteroatoms. The average molecular weight is 437 g/mol. The highest BCUT2D eigenvalue weighted by atomic mass is 35.5. The van der Waals surface area contributed by atoms with Crippen LogP contribution in [0.1, 0.15) is 13.8 Å². The highest BCUT2D eigenvalue weighted by Crippen LogP contribution is 2.28. The molecule has 1 amide bonds. The number of rotatable bonds is 9. The first-order valence-corrected chi connectivity index (χ1v) is 10.3. The number of hydrogen-bond donors (Lipinski definition) is 3. The molecule has 3 N–H and O–H groups in total. The summed E-state index contributed by atoms with van der Waals surface area (Å²) in [7, 11) is 1.53. The van der Waals surface area contributed by atoms with E-state index in [1.165, 1.54) is 18.9 Å². The van der Waals surface area contributed by atoms with Gasteiger partial charge in [-0.1, -0.05) is 23.4 Å². The Morgan fingerprint density at radius 2 is 2.00 bits per heavy atom. The van der Waals surface area contributed by atoms with Crippen LogP contribution in [0.2, 0.25) is 5.02 Å². The molecule has 0 aliphatic heterocycles. The van der Waals surface area contributed by atoms with E-state index in [0.29, 0.717) is 52.4 Å². The summed E-state index contributed by atoms with van der Waals surface area (Å²) in [5, 5.41) is 18.3. The topological polar surface area (TPSA) is 118 Å². The van der Waals surface area contributed by atoms with Crippen LogP contribution in [-0.4, -0.2) is 56.4 Å². The molecule has 0 atom stereocenters. The molecule has 0 spiro atoms. The highest BCUT2D eigenvalue weighted by molar-refractivity contribution is 7.99. The lowest BCUT2D eigenvalue weighted by molar-refractivity contribution is -0.113. The maximum absolute atomic E-state index is 12.4. The second-order valence-electron chi connectivity index (χ2n) is 5.73. The van der Waals surface area contributed by atoms with Crippen molar-refractivity contribution in [3.8, 4) is 5.75 Å². The van der Waals surface area contributed by atoms with Gasteiger partial charge in [0.15, 0.2) is 5.16 Å². The Labute approximate surface area is 176 Å². The third-order valence-electron chi connectivity index (χ3n) is 3.68. The van der Waals surface area contributed by atoms with E-state index in [-0.39, 0.29) is 11.7 Å². The number of fused-ring (bicyclic) bond motifs is 1. The number of methoxy groups -OCH3 is 1. The molecule has 0 saturated carbocycles. The second kappa shape index (κ2) is 9.61. The van der Waals surface area contributed by atoms with Crippen LogP contribution in [0.4, 0.5) is 17.6 Å². The fourth-order valence-corrected chi connectivity index (χ4v) is 3.39. The first-order chi connectivity index (χ1) is 14.0. The zero-order valence-corrected chi connectivity index (χ0v) is 17.8. The molecule has 3 rings (SSSR count). The number of thioether (sulfide) groups is 1. The average Bonchev–Trinajstić information content (AvgIpc) is 3.10. The van der Waals surface area contributed by atoms with E-state index < -0.39 is 0 Å². The van der Waals surface area contributed by atoms with E-state index in [0.717, 1.165) is 0 Å². The number of halogens is 1. The van der Waals surface area contributed by atoms with Crippen LogP contribution in [0.3, 0.4) is 0 Å². The van der Waals surface area contributed by atoms with Crippen molar-refractivity contribution in [3.05, 3.63) is 23.2 Å². The normalized spacial score (nSPS) is 10.8. The molecular weight excluding hydrogens is 416 g/mol. The molecule has 0 aliphatic carbocycles. The number of amides is 1. The van der Waals surface area contributed by atoms with Crippen molar-refractivity contribution in [2.45, 2.75) is 19.0 Å². The fraction of sp³-hybridized carbons (Fsp3) is 0.353. The smallest absolute Gasteiger partial charge is 0.261 e. The van der Waals surface area contributed by atoms with E-state index in [2.05, 4.69) is 36.1 Å². The second-order valence-corrected chi connectivity index (χ2v) is 7.11. The highest BCUT2D eigenvalue weighted by Gasteiger charge is 2.16. The molecule has 10 nitrogen and oxygen atoms in total. The largest absolute Gasteiger partial charge is 0.495 e. The number of aromatic nitrogens is 5. The molecule has 2 heterocycles. The van der Waals surface area contributed by atoms with Crippen LogP contribution in [0, 0.1) is 0 Å². The molecule has 154 valence electrons. The number of anilines is 3. The van der Waals surface area contributed by atoms with Gasteiger partial charge >= 0.3 is 0 Å². The maximum Gasteiger partial charge on any atom is 0.261 e. The van der Waals surface area contributed by atoms with Gasteiger partial charge in [-0.05, 0) is 32.0 Å². The predicted octanol–water partition coefficient (Wildman–Crippen LogP) is 2.78. The minimum absolute atomic E-state index is 0.108. The first kappa shape index (κ1) is 20.9. The lowest BCUT2D eigenvalue weighted by Gasteiger charge is -2.11. The molecule has 0 radical (unpaired) electrons. The molecule has 0 aliphatic rings. The summed E-state index contributed by atoms with van der Waals surface area (Å²) in [5.74, 6) is 1.81. The Kier molecular flexibility index (Phi) is 6.94. The standard InChI is InChI=1S/C17H21ClN8O2S/c1-4-19-14-22-15(20-5-2)26-16(23-14)24-25-17(26)29-9-13(27)21-11-8-10(18)6-7-12(11)28-3/h6-8H,4-5,9H2,1-3H3,(H,21,27)(H2,19,20,22,23,24). The van der Waals surface area contributed by atoms with Gasteiger partial charge in [-0.15, -0.1) is 10.2 Å². The Balaban J connectivity index is 1.76. The summed E-state index contributed by atoms with van der Waals surface area (Å²) in [4.78, 5) is 21.2. The SMILES string of the molecule is CCNc1nc(NCC)n2c(SCC(=O)Nc3cc(Cl)ccc3OC)nnc2n1. The van der Waals surface area contributed by atoms with Gasteiger partial charge in [0.25, 0.3) is 5.78 Å². The minimum atomic E-state index is -0.234. The van der Waals surface area contributed by atoms with Crippen molar-refractivity contribution in [2.24, 2.45) is 0 Å². The molecular formula is C17H21ClN8O2S. The molecule has 1 aromatic carbocycles. The summed E-state index contributed by atoms with van der Waals surface area (Å²) in [5.41, 5.74) is 0.503. The van der Waals surface area contributed by atoms with Crippen molar-refractivity contribution < 1.29 is 9.53 Å². The van der Waals surface area contributed by atoms with Crippen LogP contribution in [0.5, 0.6) is 5.75 Å². The number of carbonyl (C=O) groups excluding carboxylic acids is 1. The van der Waals surface area contributed by atoms with Crippen molar-refractivity contribution >= 4 is 52.6 Å². The summed E-state index contributed by atoms with van der Waals surface area (Å²) in [6, 6.07) is 5.02. The summed E-state index contributed by atoms with van der Waals surface area (Å²) in [6.07, 6.45) is 0. The lowest BCUT2D eigenvalue weighted by Crippen LogP contribution is -2.15. The zero-order chi connectivity index (χ0) is 20.8. The molecule has 0 bridgehead atoms. The van der Waals surface area contributed by atoms with Crippen LogP contribution in [0.25, 0.3) is 5.78 Å². The van der Waals surface area contributed by atoms with E-state index in [1.54, 1.807) is 22.6 Å². The van der Waals surface area contributed by atoms with Gasteiger partial charge in [-0.25, -0.2) is 4.40 Å². The number of nitrogens with one attached hydrogen (secondary N) is 3. The Morgan fingerprint density at radius 3 is 2.72 bits per heavy atom. The van der Waals surface area contributed by atoms with Gasteiger partial charge in [0.1, 0.15) is 5.75 Å². The lowest BCUT2D eigenvalue weighted by atomic mass is 10.3. The van der Waals surface area contributed by atoms with Crippen LogP contribution in [0.15, 0.2) is 23.4 Å². The van der Waals surface area contributed by atoms with Crippen molar-refractivity contribution in [2.75, 3.05) is 41.9 Å².